The molecule has 0 aromatic carbocycles. The van der Waals surface area contributed by atoms with Crippen LogP contribution in [0.25, 0.3) is 0 Å². The van der Waals surface area contributed by atoms with E-state index in [-0.39, 0.29) is 11.5 Å². The zero-order valence-electron chi connectivity index (χ0n) is 9.75. The second-order valence-corrected chi connectivity index (χ2v) is 4.31. The Labute approximate surface area is 98.2 Å². The van der Waals surface area contributed by atoms with E-state index in [0.717, 1.165) is 12.3 Å². The second kappa shape index (κ2) is 5.46. The summed E-state index contributed by atoms with van der Waals surface area (Å²) in [4.78, 5) is 3.74. The monoisotopic (exact) mass is 247 g/mol. The van der Waals surface area contributed by atoms with E-state index in [1.807, 2.05) is 13.8 Å². The zero-order valence-corrected chi connectivity index (χ0v) is 9.75. The van der Waals surface area contributed by atoms with Crippen molar-refractivity contribution in [2.45, 2.75) is 32.5 Å². The van der Waals surface area contributed by atoms with Crippen LogP contribution < -0.4 is 11.3 Å². The van der Waals surface area contributed by atoms with Gasteiger partial charge in [-0.1, -0.05) is 13.8 Å². The van der Waals surface area contributed by atoms with Crippen molar-refractivity contribution in [2.75, 3.05) is 0 Å². The molecule has 0 bridgehead atoms. The highest BCUT2D eigenvalue weighted by atomic mass is 19.4. The lowest BCUT2D eigenvalue weighted by atomic mass is 9.95. The lowest BCUT2D eigenvalue weighted by Gasteiger charge is -2.21. The van der Waals surface area contributed by atoms with E-state index in [1.54, 1.807) is 0 Å². The van der Waals surface area contributed by atoms with Gasteiger partial charge < -0.3 is 0 Å². The Morgan fingerprint density at radius 3 is 2.53 bits per heavy atom. The first kappa shape index (κ1) is 13.9. The normalized spacial score (nSPS) is 14.1. The van der Waals surface area contributed by atoms with Gasteiger partial charge in [0.2, 0.25) is 0 Å². The molecule has 0 spiro atoms. The smallest absolute Gasteiger partial charge is 0.271 e. The first-order valence-electron chi connectivity index (χ1n) is 5.33. The van der Waals surface area contributed by atoms with Crippen molar-refractivity contribution in [3.05, 3.63) is 29.6 Å². The summed E-state index contributed by atoms with van der Waals surface area (Å²) < 4.78 is 38.4. The number of halogens is 3. The molecule has 1 atom stereocenters. The van der Waals surface area contributed by atoms with Gasteiger partial charge in [-0.3, -0.25) is 16.3 Å². The number of alkyl halides is 3. The molecule has 0 aliphatic rings. The average Bonchev–Trinajstić information content (AvgIpc) is 2.24. The Morgan fingerprint density at radius 2 is 2.06 bits per heavy atom. The lowest BCUT2D eigenvalue weighted by Crippen LogP contribution is -2.31. The molecule has 1 aromatic heterocycles. The number of hydrogen-bond donors (Lipinski definition) is 2. The molecule has 1 heterocycles. The Hall–Kier alpha value is -1.14. The molecule has 0 aliphatic heterocycles. The van der Waals surface area contributed by atoms with Gasteiger partial charge in [-0.05, 0) is 18.4 Å². The summed E-state index contributed by atoms with van der Waals surface area (Å²) >= 11 is 0. The third-order valence-corrected chi connectivity index (χ3v) is 2.44. The molecule has 0 saturated heterocycles. The van der Waals surface area contributed by atoms with Crippen molar-refractivity contribution in [3.63, 3.8) is 0 Å². The summed E-state index contributed by atoms with van der Waals surface area (Å²) in [5.74, 6) is 5.55. The van der Waals surface area contributed by atoms with Gasteiger partial charge in [0.05, 0.1) is 5.56 Å². The van der Waals surface area contributed by atoms with Crippen molar-refractivity contribution >= 4 is 0 Å². The van der Waals surface area contributed by atoms with Crippen LogP contribution in [0.1, 0.15) is 37.4 Å². The first-order chi connectivity index (χ1) is 7.86. The van der Waals surface area contributed by atoms with E-state index in [1.165, 1.54) is 6.20 Å². The zero-order chi connectivity index (χ0) is 13.1. The Balaban J connectivity index is 3.11. The van der Waals surface area contributed by atoms with E-state index >= 15 is 0 Å². The predicted octanol–water partition coefficient (Wildman–Crippen LogP) is 2.65. The maximum absolute atomic E-state index is 12.8. The van der Waals surface area contributed by atoms with Gasteiger partial charge in [0.1, 0.15) is 0 Å². The molecule has 0 amide bonds. The van der Waals surface area contributed by atoms with Gasteiger partial charge in [-0.2, -0.15) is 13.2 Å². The van der Waals surface area contributed by atoms with Crippen LogP contribution in [0.5, 0.6) is 0 Å². The van der Waals surface area contributed by atoms with Crippen LogP contribution in [0.15, 0.2) is 18.5 Å². The molecule has 1 rings (SSSR count). The topological polar surface area (TPSA) is 50.9 Å². The minimum Gasteiger partial charge on any atom is -0.271 e. The fraction of sp³-hybridized carbons (Fsp3) is 0.545. The van der Waals surface area contributed by atoms with Gasteiger partial charge in [-0.25, -0.2) is 0 Å². The van der Waals surface area contributed by atoms with Gasteiger partial charge in [0, 0.05) is 24.0 Å². The number of hydrazine groups is 1. The molecule has 17 heavy (non-hydrogen) atoms. The van der Waals surface area contributed by atoms with E-state index in [2.05, 4.69) is 10.4 Å². The Morgan fingerprint density at radius 1 is 1.41 bits per heavy atom. The van der Waals surface area contributed by atoms with E-state index < -0.39 is 17.8 Å². The number of rotatable bonds is 4. The third kappa shape index (κ3) is 3.67. The van der Waals surface area contributed by atoms with E-state index in [9.17, 15) is 13.2 Å². The van der Waals surface area contributed by atoms with E-state index in [4.69, 9.17) is 5.84 Å². The van der Waals surface area contributed by atoms with Gasteiger partial charge >= 0.3 is 6.18 Å². The van der Waals surface area contributed by atoms with Crippen LogP contribution >= 0.6 is 0 Å². The molecule has 0 radical (unpaired) electrons. The maximum Gasteiger partial charge on any atom is 0.416 e. The summed E-state index contributed by atoms with van der Waals surface area (Å²) in [6, 6.07) is 0.431. The maximum atomic E-state index is 12.8. The summed E-state index contributed by atoms with van der Waals surface area (Å²) in [5, 5.41) is 0. The molecule has 1 unspecified atom stereocenters. The minimum absolute atomic E-state index is 0.0937. The molecule has 0 aliphatic carbocycles. The van der Waals surface area contributed by atoms with Gasteiger partial charge in [0.25, 0.3) is 0 Å². The largest absolute Gasteiger partial charge is 0.416 e. The van der Waals surface area contributed by atoms with Crippen LogP contribution in [0.3, 0.4) is 0 Å². The fourth-order valence-corrected chi connectivity index (χ4v) is 1.70. The van der Waals surface area contributed by atoms with Gasteiger partial charge in [-0.15, -0.1) is 0 Å². The first-order valence-corrected chi connectivity index (χ1v) is 5.33. The van der Waals surface area contributed by atoms with Gasteiger partial charge in [0.15, 0.2) is 0 Å². The van der Waals surface area contributed by atoms with Crippen LogP contribution in [0.2, 0.25) is 0 Å². The van der Waals surface area contributed by atoms with Crippen LogP contribution in [0.4, 0.5) is 13.2 Å². The van der Waals surface area contributed by atoms with Crippen LogP contribution in [-0.2, 0) is 6.18 Å². The molecule has 6 heteroatoms. The SMILES string of the molecule is CC(C)CC(NN)c1cnccc1C(F)(F)F. The third-order valence-electron chi connectivity index (χ3n) is 2.44. The Kier molecular flexibility index (Phi) is 4.47. The van der Waals surface area contributed by atoms with E-state index in [0.29, 0.717) is 6.42 Å². The number of nitrogens with one attached hydrogen (secondary N) is 1. The van der Waals surface area contributed by atoms with Crippen molar-refractivity contribution < 1.29 is 13.2 Å². The summed E-state index contributed by atoms with van der Waals surface area (Å²) in [6.07, 6.45) is -1.51. The molecule has 0 saturated carbocycles. The van der Waals surface area contributed by atoms with Crippen molar-refractivity contribution in [2.24, 2.45) is 11.8 Å². The van der Waals surface area contributed by atoms with Crippen molar-refractivity contribution in [1.82, 2.24) is 10.4 Å². The van der Waals surface area contributed by atoms with Crippen molar-refractivity contribution in [3.8, 4) is 0 Å². The number of nitrogens with two attached hydrogens (primary N) is 1. The standard InChI is InChI=1S/C11H16F3N3/c1-7(2)5-10(17-15)8-6-16-4-3-9(8)11(12,13)14/h3-4,6-7,10,17H,5,15H2,1-2H3. The molecule has 1 aromatic rings. The highest BCUT2D eigenvalue weighted by Crippen LogP contribution is 2.35. The number of pyridine rings is 1. The molecule has 3 nitrogen and oxygen atoms in total. The van der Waals surface area contributed by atoms with Crippen LogP contribution in [0, 0.1) is 5.92 Å². The predicted molar refractivity (Wildman–Crippen MR) is 58.8 cm³/mol. The quantitative estimate of drug-likeness (QED) is 0.635. The summed E-state index contributed by atoms with van der Waals surface area (Å²) in [6.45, 7) is 3.85. The highest BCUT2D eigenvalue weighted by Gasteiger charge is 2.35. The highest BCUT2D eigenvalue weighted by molar-refractivity contribution is 5.29. The average molecular weight is 247 g/mol. The lowest BCUT2D eigenvalue weighted by molar-refractivity contribution is -0.138. The number of aromatic nitrogens is 1. The molecular weight excluding hydrogens is 231 g/mol. The second-order valence-electron chi connectivity index (χ2n) is 4.31. The summed E-state index contributed by atoms with van der Waals surface area (Å²) in [7, 11) is 0. The number of hydrogen-bond acceptors (Lipinski definition) is 3. The number of nitrogens with zero attached hydrogens (tertiary/aromatic N) is 1. The fourth-order valence-electron chi connectivity index (χ4n) is 1.70. The van der Waals surface area contributed by atoms with Crippen LogP contribution in [-0.4, -0.2) is 4.98 Å². The Bertz CT molecular complexity index is 363. The minimum atomic E-state index is -4.38. The molecule has 96 valence electrons. The molecular formula is C11H16F3N3. The summed E-state index contributed by atoms with van der Waals surface area (Å²) in [5.41, 5.74) is 1.83. The van der Waals surface area contributed by atoms with Crippen molar-refractivity contribution in [1.29, 1.82) is 0 Å². The molecule has 3 N–H and O–H groups in total. The molecule has 0 fully saturated rings.